The van der Waals surface area contributed by atoms with Crippen LogP contribution in [0.25, 0.3) is 0 Å². The second-order valence-corrected chi connectivity index (χ2v) is 6.01. The molecule has 0 aromatic heterocycles. The van der Waals surface area contributed by atoms with Gasteiger partial charge in [-0.25, -0.2) is 0 Å². The Hall–Kier alpha value is -0.650. The highest BCUT2D eigenvalue weighted by Crippen LogP contribution is 2.16. The Kier molecular flexibility index (Phi) is 8.82. The third-order valence-corrected chi connectivity index (χ3v) is 3.71. The maximum absolute atomic E-state index is 11.9. The number of ether oxygens (including phenoxy) is 1. The smallest absolute Gasteiger partial charge is 0.224 e. The highest BCUT2D eigenvalue weighted by Gasteiger charge is 2.25. The van der Waals surface area contributed by atoms with Crippen LogP contribution in [0.1, 0.15) is 33.1 Å². The van der Waals surface area contributed by atoms with E-state index in [4.69, 9.17) is 10.5 Å². The molecule has 1 heterocycles. The summed E-state index contributed by atoms with van der Waals surface area (Å²) in [5.74, 6) is 0.965. The average Bonchev–Trinajstić information content (AvgIpc) is 2.44. The lowest BCUT2D eigenvalue weighted by Gasteiger charge is -2.31. The topological polar surface area (TPSA) is 67.6 Å². The van der Waals surface area contributed by atoms with E-state index in [9.17, 15) is 4.79 Å². The van der Waals surface area contributed by atoms with E-state index in [2.05, 4.69) is 24.1 Å². The number of rotatable bonds is 9. The fourth-order valence-corrected chi connectivity index (χ4v) is 2.43. The highest BCUT2D eigenvalue weighted by atomic mass is 16.5. The molecule has 5 nitrogen and oxygen atoms in total. The standard InChI is InChI=1S/C15H31N3O2/c1-13(2)5-10-20-11-9-18-8-3-4-14(12-18)15(19)17-7-6-16/h13-14H,3-12,16H2,1-2H3,(H,17,19). The van der Waals surface area contributed by atoms with Crippen molar-refractivity contribution < 1.29 is 9.53 Å². The molecule has 0 bridgehead atoms. The zero-order chi connectivity index (χ0) is 14.8. The van der Waals surface area contributed by atoms with E-state index < -0.39 is 0 Å². The van der Waals surface area contributed by atoms with Crippen molar-refractivity contribution in [2.24, 2.45) is 17.6 Å². The molecule has 0 aromatic rings. The van der Waals surface area contributed by atoms with E-state index in [-0.39, 0.29) is 11.8 Å². The van der Waals surface area contributed by atoms with Crippen molar-refractivity contribution in [1.29, 1.82) is 0 Å². The number of piperidine rings is 1. The molecule has 1 atom stereocenters. The lowest BCUT2D eigenvalue weighted by atomic mass is 9.97. The lowest BCUT2D eigenvalue weighted by molar-refractivity contribution is -0.126. The van der Waals surface area contributed by atoms with E-state index in [1.54, 1.807) is 0 Å². The summed E-state index contributed by atoms with van der Waals surface area (Å²) in [5.41, 5.74) is 5.41. The van der Waals surface area contributed by atoms with Crippen molar-refractivity contribution in [2.75, 3.05) is 45.9 Å². The Bertz CT molecular complexity index is 272. The minimum atomic E-state index is 0.117. The molecule has 3 N–H and O–H groups in total. The van der Waals surface area contributed by atoms with Gasteiger partial charge in [-0.15, -0.1) is 0 Å². The molecule has 1 aliphatic heterocycles. The zero-order valence-corrected chi connectivity index (χ0v) is 13.1. The van der Waals surface area contributed by atoms with Crippen molar-refractivity contribution in [3.8, 4) is 0 Å². The van der Waals surface area contributed by atoms with Gasteiger partial charge in [0.2, 0.25) is 5.91 Å². The summed E-state index contributed by atoms with van der Waals surface area (Å²) in [6.45, 7) is 9.96. The van der Waals surface area contributed by atoms with Crippen LogP contribution in [0.3, 0.4) is 0 Å². The molecule has 1 unspecified atom stereocenters. The van der Waals surface area contributed by atoms with Gasteiger partial charge in [0, 0.05) is 32.8 Å². The van der Waals surface area contributed by atoms with Gasteiger partial charge in [-0.2, -0.15) is 0 Å². The number of carbonyl (C=O) groups is 1. The van der Waals surface area contributed by atoms with Crippen molar-refractivity contribution in [1.82, 2.24) is 10.2 Å². The molecule has 0 radical (unpaired) electrons. The molecular formula is C15H31N3O2. The Morgan fingerprint density at radius 2 is 2.25 bits per heavy atom. The van der Waals surface area contributed by atoms with Gasteiger partial charge in [-0.3, -0.25) is 4.79 Å². The molecule has 1 rings (SSSR count). The lowest BCUT2D eigenvalue weighted by Crippen LogP contribution is -2.44. The molecule has 1 aliphatic rings. The van der Waals surface area contributed by atoms with Crippen LogP contribution in [0, 0.1) is 11.8 Å². The van der Waals surface area contributed by atoms with Gasteiger partial charge in [0.1, 0.15) is 0 Å². The molecular weight excluding hydrogens is 254 g/mol. The maximum Gasteiger partial charge on any atom is 0.224 e. The maximum atomic E-state index is 11.9. The first-order valence-corrected chi connectivity index (χ1v) is 7.91. The summed E-state index contributed by atoms with van der Waals surface area (Å²) < 4.78 is 5.65. The average molecular weight is 285 g/mol. The van der Waals surface area contributed by atoms with Crippen LogP contribution in [-0.2, 0) is 9.53 Å². The quantitative estimate of drug-likeness (QED) is 0.616. The van der Waals surface area contributed by atoms with Crippen molar-refractivity contribution in [3.05, 3.63) is 0 Å². The number of amides is 1. The van der Waals surface area contributed by atoms with E-state index in [1.807, 2.05) is 0 Å². The number of nitrogens with zero attached hydrogens (tertiary/aromatic N) is 1. The molecule has 0 aliphatic carbocycles. The first-order chi connectivity index (χ1) is 9.63. The molecule has 20 heavy (non-hydrogen) atoms. The largest absolute Gasteiger partial charge is 0.380 e. The third kappa shape index (κ3) is 7.22. The van der Waals surface area contributed by atoms with Gasteiger partial charge in [0.15, 0.2) is 0 Å². The van der Waals surface area contributed by atoms with Gasteiger partial charge in [-0.05, 0) is 31.7 Å². The van der Waals surface area contributed by atoms with Gasteiger partial charge in [0.25, 0.3) is 0 Å². The Morgan fingerprint density at radius 1 is 1.45 bits per heavy atom. The Labute approximate surface area is 123 Å². The van der Waals surface area contributed by atoms with Crippen LogP contribution in [0.2, 0.25) is 0 Å². The fourth-order valence-electron chi connectivity index (χ4n) is 2.43. The normalized spacial score (nSPS) is 20.3. The van der Waals surface area contributed by atoms with Crippen LogP contribution < -0.4 is 11.1 Å². The molecule has 0 saturated carbocycles. The molecule has 1 amide bonds. The monoisotopic (exact) mass is 285 g/mol. The zero-order valence-electron chi connectivity index (χ0n) is 13.1. The predicted molar refractivity (Wildman–Crippen MR) is 81.5 cm³/mol. The SMILES string of the molecule is CC(C)CCOCCN1CCCC(C(=O)NCCN)C1. The van der Waals surface area contributed by atoms with E-state index in [1.165, 1.54) is 0 Å². The molecule has 1 saturated heterocycles. The van der Waals surface area contributed by atoms with Crippen LogP contribution >= 0.6 is 0 Å². The predicted octanol–water partition coefficient (Wildman–Crippen LogP) is 0.836. The first-order valence-electron chi connectivity index (χ1n) is 7.91. The summed E-state index contributed by atoms with van der Waals surface area (Å²) in [4.78, 5) is 14.3. The van der Waals surface area contributed by atoms with E-state index >= 15 is 0 Å². The summed E-state index contributed by atoms with van der Waals surface area (Å²) in [5, 5.41) is 2.89. The summed E-state index contributed by atoms with van der Waals surface area (Å²) in [7, 11) is 0. The minimum absolute atomic E-state index is 0.117. The molecule has 0 spiro atoms. The van der Waals surface area contributed by atoms with Crippen molar-refractivity contribution >= 4 is 5.91 Å². The number of likely N-dealkylation sites (tertiary alicyclic amines) is 1. The molecule has 118 valence electrons. The minimum Gasteiger partial charge on any atom is -0.380 e. The molecule has 1 fully saturated rings. The highest BCUT2D eigenvalue weighted by molar-refractivity contribution is 5.78. The summed E-state index contributed by atoms with van der Waals surface area (Å²) >= 11 is 0. The van der Waals surface area contributed by atoms with Crippen molar-refractivity contribution in [2.45, 2.75) is 33.1 Å². The Balaban J connectivity index is 2.15. The number of hydrogen-bond donors (Lipinski definition) is 2. The Morgan fingerprint density at radius 3 is 2.95 bits per heavy atom. The van der Waals surface area contributed by atoms with Gasteiger partial charge < -0.3 is 20.7 Å². The third-order valence-electron chi connectivity index (χ3n) is 3.71. The molecule has 5 heteroatoms. The molecule has 0 aromatic carbocycles. The fraction of sp³-hybridized carbons (Fsp3) is 0.933. The van der Waals surface area contributed by atoms with Crippen LogP contribution in [0.5, 0.6) is 0 Å². The second-order valence-electron chi connectivity index (χ2n) is 6.01. The van der Waals surface area contributed by atoms with Crippen LogP contribution in [0.15, 0.2) is 0 Å². The number of nitrogens with one attached hydrogen (secondary N) is 1. The number of nitrogens with two attached hydrogens (primary N) is 1. The number of hydrogen-bond acceptors (Lipinski definition) is 4. The van der Waals surface area contributed by atoms with Crippen LogP contribution in [0.4, 0.5) is 0 Å². The summed E-state index contributed by atoms with van der Waals surface area (Å²) in [6, 6.07) is 0. The van der Waals surface area contributed by atoms with E-state index in [0.29, 0.717) is 19.0 Å². The summed E-state index contributed by atoms with van der Waals surface area (Å²) in [6.07, 6.45) is 3.19. The van der Waals surface area contributed by atoms with Crippen LogP contribution in [-0.4, -0.2) is 56.7 Å². The first kappa shape index (κ1) is 17.4. The van der Waals surface area contributed by atoms with Gasteiger partial charge in [-0.1, -0.05) is 13.8 Å². The second kappa shape index (κ2) is 10.1. The number of carbonyl (C=O) groups excluding carboxylic acids is 1. The van der Waals surface area contributed by atoms with E-state index in [0.717, 1.165) is 52.1 Å². The van der Waals surface area contributed by atoms with Crippen molar-refractivity contribution in [3.63, 3.8) is 0 Å². The van der Waals surface area contributed by atoms with Gasteiger partial charge >= 0.3 is 0 Å². The van der Waals surface area contributed by atoms with Gasteiger partial charge in [0.05, 0.1) is 12.5 Å².